The van der Waals surface area contributed by atoms with E-state index in [4.69, 9.17) is 5.73 Å². The maximum Gasteiger partial charge on any atom is 0.142 e. The molecule has 1 heterocycles. The smallest absolute Gasteiger partial charge is 0.142 e. The van der Waals surface area contributed by atoms with Gasteiger partial charge in [-0.3, -0.25) is 0 Å². The van der Waals surface area contributed by atoms with Crippen molar-refractivity contribution in [3.63, 3.8) is 0 Å². The molecule has 0 saturated heterocycles. The second-order valence-corrected chi connectivity index (χ2v) is 4.85. The number of hydrogen-bond acceptors (Lipinski definition) is 3. The third-order valence-electron chi connectivity index (χ3n) is 2.96. The van der Waals surface area contributed by atoms with Crippen LogP contribution in [0.1, 0.15) is 33.5 Å². The molecule has 0 bridgehead atoms. The highest BCUT2D eigenvalue weighted by molar-refractivity contribution is 5.10. The fourth-order valence-corrected chi connectivity index (χ4v) is 1.66. The van der Waals surface area contributed by atoms with E-state index >= 15 is 0 Å². The topological polar surface area (TPSA) is 64.1 Å². The van der Waals surface area contributed by atoms with Gasteiger partial charge in [0.05, 0.1) is 0 Å². The molecule has 0 spiro atoms. The van der Waals surface area contributed by atoms with Crippen molar-refractivity contribution in [1.29, 1.82) is 0 Å². The van der Waals surface area contributed by atoms with Gasteiger partial charge >= 0.3 is 0 Å². The Hall–Kier alpha value is -0.870. The standard InChI is InChI=1S/C11H21N3O/c1-5-14-7-6-13-9(14)11(15,8-12)10(2,3)4/h6-7,15H,5,8,12H2,1-4H3. The summed E-state index contributed by atoms with van der Waals surface area (Å²) in [6.07, 6.45) is 3.56. The monoisotopic (exact) mass is 211 g/mol. The number of rotatable bonds is 3. The van der Waals surface area contributed by atoms with E-state index in [-0.39, 0.29) is 12.0 Å². The van der Waals surface area contributed by atoms with Gasteiger partial charge in [0.15, 0.2) is 0 Å². The largest absolute Gasteiger partial charge is 0.380 e. The molecule has 0 saturated carbocycles. The maximum absolute atomic E-state index is 10.6. The van der Waals surface area contributed by atoms with Crippen molar-refractivity contribution < 1.29 is 5.11 Å². The molecule has 0 fully saturated rings. The number of nitrogens with two attached hydrogens (primary N) is 1. The molecule has 0 aliphatic heterocycles. The van der Waals surface area contributed by atoms with Crippen LogP contribution in [0.15, 0.2) is 12.4 Å². The van der Waals surface area contributed by atoms with Gasteiger partial charge in [-0.15, -0.1) is 0 Å². The molecule has 0 amide bonds. The first-order chi connectivity index (χ1) is 6.86. The Morgan fingerprint density at radius 1 is 1.47 bits per heavy atom. The van der Waals surface area contributed by atoms with Gasteiger partial charge in [-0.25, -0.2) is 4.98 Å². The van der Waals surface area contributed by atoms with Crippen LogP contribution in [0, 0.1) is 5.41 Å². The molecule has 0 aliphatic rings. The summed E-state index contributed by atoms with van der Waals surface area (Å²) in [5.74, 6) is 0.653. The summed E-state index contributed by atoms with van der Waals surface area (Å²) < 4.78 is 1.93. The Morgan fingerprint density at radius 3 is 2.47 bits per heavy atom. The predicted octanol–water partition coefficient (Wildman–Crippen LogP) is 1.10. The molecule has 1 rings (SSSR count). The summed E-state index contributed by atoms with van der Waals surface area (Å²) in [5, 5.41) is 10.6. The third kappa shape index (κ3) is 1.92. The van der Waals surface area contributed by atoms with E-state index in [9.17, 15) is 5.11 Å². The minimum Gasteiger partial charge on any atom is -0.380 e. The van der Waals surface area contributed by atoms with E-state index in [1.165, 1.54) is 0 Å². The summed E-state index contributed by atoms with van der Waals surface area (Å²) in [6.45, 7) is 8.88. The molecule has 0 aliphatic carbocycles. The van der Waals surface area contributed by atoms with Gasteiger partial charge in [-0.05, 0) is 12.3 Å². The van der Waals surface area contributed by atoms with Gasteiger partial charge in [0.1, 0.15) is 11.4 Å². The van der Waals surface area contributed by atoms with E-state index < -0.39 is 5.60 Å². The lowest BCUT2D eigenvalue weighted by Gasteiger charge is -2.38. The molecule has 86 valence electrons. The Morgan fingerprint density at radius 2 is 2.07 bits per heavy atom. The Bertz CT molecular complexity index is 327. The highest BCUT2D eigenvalue weighted by Gasteiger charge is 2.43. The molecule has 1 aromatic heterocycles. The second kappa shape index (κ2) is 3.94. The lowest BCUT2D eigenvalue weighted by Crippen LogP contribution is -2.48. The summed E-state index contributed by atoms with van der Waals surface area (Å²) in [6, 6.07) is 0. The fourth-order valence-electron chi connectivity index (χ4n) is 1.66. The van der Waals surface area contributed by atoms with Crippen LogP contribution in [0.4, 0.5) is 0 Å². The van der Waals surface area contributed by atoms with E-state index in [2.05, 4.69) is 4.98 Å². The average Bonchev–Trinajstić information content (AvgIpc) is 2.62. The van der Waals surface area contributed by atoms with Crippen LogP contribution in [0.25, 0.3) is 0 Å². The summed E-state index contributed by atoms with van der Waals surface area (Å²) >= 11 is 0. The van der Waals surface area contributed by atoms with Crippen molar-refractivity contribution in [3.8, 4) is 0 Å². The van der Waals surface area contributed by atoms with Crippen LogP contribution in [0.5, 0.6) is 0 Å². The predicted molar refractivity (Wildman–Crippen MR) is 60.3 cm³/mol. The highest BCUT2D eigenvalue weighted by Crippen LogP contribution is 2.37. The average molecular weight is 211 g/mol. The van der Waals surface area contributed by atoms with Gasteiger partial charge in [-0.2, -0.15) is 0 Å². The number of aryl methyl sites for hydroxylation is 1. The quantitative estimate of drug-likeness (QED) is 0.786. The van der Waals surface area contributed by atoms with E-state index in [0.29, 0.717) is 5.82 Å². The molecule has 3 N–H and O–H groups in total. The Balaban J connectivity index is 3.23. The zero-order valence-electron chi connectivity index (χ0n) is 9.99. The fraction of sp³-hybridized carbons (Fsp3) is 0.727. The normalized spacial score (nSPS) is 16.4. The molecule has 0 aromatic carbocycles. The first-order valence-corrected chi connectivity index (χ1v) is 5.31. The van der Waals surface area contributed by atoms with Crippen molar-refractivity contribution in [2.75, 3.05) is 6.54 Å². The number of aliphatic hydroxyl groups is 1. The third-order valence-corrected chi connectivity index (χ3v) is 2.96. The maximum atomic E-state index is 10.6. The van der Waals surface area contributed by atoms with E-state index in [1.807, 2.05) is 38.5 Å². The van der Waals surface area contributed by atoms with Crippen molar-refractivity contribution in [3.05, 3.63) is 18.2 Å². The van der Waals surface area contributed by atoms with E-state index in [0.717, 1.165) is 6.54 Å². The highest BCUT2D eigenvalue weighted by atomic mass is 16.3. The number of aromatic nitrogens is 2. The second-order valence-electron chi connectivity index (χ2n) is 4.85. The molecule has 4 nitrogen and oxygen atoms in total. The van der Waals surface area contributed by atoms with Crippen LogP contribution >= 0.6 is 0 Å². The number of hydrogen-bond donors (Lipinski definition) is 2. The molecular weight excluding hydrogens is 190 g/mol. The molecule has 0 radical (unpaired) electrons. The van der Waals surface area contributed by atoms with E-state index in [1.54, 1.807) is 6.20 Å². The van der Waals surface area contributed by atoms with Gasteiger partial charge in [0.2, 0.25) is 0 Å². The molecule has 1 aromatic rings. The molecule has 4 heteroatoms. The Kier molecular flexibility index (Phi) is 3.21. The van der Waals surface area contributed by atoms with Crippen LogP contribution in [0.3, 0.4) is 0 Å². The summed E-state index contributed by atoms with van der Waals surface area (Å²) in [4.78, 5) is 4.23. The molecule has 1 unspecified atom stereocenters. The molecular formula is C11H21N3O. The minimum atomic E-state index is -1.08. The van der Waals surface area contributed by atoms with Crippen LogP contribution in [0.2, 0.25) is 0 Å². The van der Waals surface area contributed by atoms with Crippen LogP contribution in [-0.4, -0.2) is 21.2 Å². The van der Waals surface area contributed by atoms with Gasteiger partial charge in [0, 0.05) is 25.5 Å². The zero-order valence-corrected chi connectivity index (χ0v) is 9.99. The SMILES string of the molecule is CCn1ccnc1C(O)(CN)C(C)(C)C. The van der Waals surface area contributed by atoms with Gasteiger partial charge in [-0.1, -0.05) is 20.8 Å². The molecule has 15 heavy (non-hydrogen) atoms. The van der Waals surface area contributed by atoms with Crippen molar-refractivity contribution in [2.45, 2.75) is 39.8 Å². The lowest BCUT2D eigenvalue weighted by molar-refractivity contribution is -0.0655. The Labute approximate surface area is 91.1 Å². The lowest BCUT2D eigenvalue weighted by atomic mass is 9.75. The van der Waals surface area contributed by atoms with Crippen molar-refractivity contribution in [1.82, 2.24) is 9.55 Å². The van der Waals surface area contributed by atoms with Crippen LogP contribution < -0.4 is 5.73 Å². The summed E-state index contributed by atoms with van der Waals surface area (Å²) in [5.41, 5.74) is 4.29. The molecule has 1 atom stereocenters. The van der Waals surface area contributed by atoms with Crippen LogP contribution in [-0.2, 0) is 12.1 Å². The number of imidazole rings is 1. The number of nitrogens with zero attached hydrogens (tertiary/aromatic N) is 2. The minimum absolute atomic E-state index is 0.174. The van der Waals surface area contributed by atoms with Crippen molar-refractivity contribution >= 4 is 0 Å². The first-order valence-electron chi connectivity index (χ1n) is 5.31. The first kappa shape index (κ1) is 12.2. The zero-order chi connectivity index (χ0) is 11.7. The van der Waals surface area contributed by atoms with Gasteiger partial charge < -0.3 is 15.4 Å². The summed E-state index contributed by atoms with van der Waals surface area (Å²) in [7, 11) is 0. The van der Waals surface area contributed by atoms with Gasteiger partial charge in [0.25, 0.3) is 0 Å². The van der Waals surface area contributed by atoms with Crippen molar-refractivity contribution in [2.24, 2.45) is 11.1 Å².